The summed E-state index contributed by atoms with van der Waals surface area (Å²) < 4.78 is 32.5. The topological polar surface area (TPSA) is 123 Å². The van der Waals surface area contributed by atoms with Crippen molar-refractivity contribution in [1.82, 2.24) is 10.6 Å². The summed E-state index contributed by atoms with van der Waals surface area (Å²) in [7, 11) is -3.63. The Hall–Kier alpha value is -2.33. The molecular weight excluding hydrogens is 410 g/mol. The zero-order valence-corrected chi connectivity index (χ0v) is 19.1. The van der Waals surface area contributed by atoms with Crippen molar-refractivity contribution in [2.45, 2.75) is 58.6 Å². The molecule has 0 aliphatic carbocycles. The molecule has 0 bridgehead atoms. The molecule has 1 atom stereocenters. The largest absolute Gasteiger partial charge is 0.444 e. The molecule has 1 aromatic carbocycles. The van der Waals surface area contributed by atoms with Crippen molar-refractivity contribution >= 4 is 27.9 Å². The molecule has 0 spiro atoms. The fourth-order valence-corrected chi connectivity index (χ4v) is 2.89. The number of urea groups is 1. The van der Waals surface area contributed by atoms with E-state index in [2.05, 4.69) is 16.0 Å². The van der Waals surface area contributed by atoms with Gasteiger partial charge >= 0.3 is 12.1 Å². The minimum absolute atomic E-state index is 0.181. The fourth-order valence-electron chi connectivity index (χ4n) is 2.47. The molecule has 10 heteroatoms. The van der Waals surface area contributed by atoms with Crippen molar-refractivity contribution in [2.75, 3.05) is 24.7 Å². The first-order chi connectivity index (χ1) is 13.9. The van der Waals surface area contributed by atoms with Gasteiger partial charge in [-0.15, -0.1) is 0 Å². The average Bonchev–Trinajstić information content (AvgIpc) is 2.59. The zero-order chi connectivity index (χ0) is 22.8. The Morgan fingerprint density at radius 3 is 2.40 bits per heavy atom. The summed E-state index contributed by atoms with van der Waals surface area (Å²) in [5.74, 6) is 0. The number of nitrogens with one attached hydrogen (secondary N) is 3. The Morgan fingerprint density at radius 1 is 1.13 bits per heavy atom. The highest BCUT2D eigenvalue weighted by Crippen LogP contribution is 2.13. The second kappa shape index (κ2) is 11.8. The number of benzene rings is 1. The minimum Gasteiger partial charge on any atom is -0.444 e. The number of alkyl carbamates (subject to hydrolysis) is 1. The molecule has 0 saturated carbocycles. The van der Waals surface area contributed by atoms with Crippen molar-refractivity contribution in [3.05, 3.63) is 29.8 Å². The standard InChI is InChI=1S/C20H33N3O6S/c1-15-10-6-7-12-17(15)23-18(24)21-13-9-8-11-16(14-28-30(5,26)27)22-19(25)29-20(2,3)4/h6-7,10,12,16H,8-9,11,13-14H2,1-5H3,(H,22,25)(H2,21,23,24)/t16-/m1/s1. The lowest BCUT2D eigenvalue weighted by atomic mass is 10.1. The molecule has 0 fully saturated rings. The van der Waals surface area contributed by atoms with Gasteiger partial charge in [-0.3, -0.25) is 4.18 Å². The lowest BCUT2D eigenvalue weighted by molar-refractivity contribution is 0.0484. The predicted octanol–water partition coefficient (Wildman–Crippen LogP) is 3.16. The second-order valence-electron chi connectivity index (χ2n) is 8.02. The first kappa shape index (κ1) is 25.7. The third-order valence-electron chi connectivity index (χ3n) is 3.86. The van der Waals surface area contributed by atoms with E-state index in [1.807, 2.05) is 31.2 Å². The SMILES string of the molecule is Cc1ccccc1NC(=O)NCCCC[C@H](COS(C)(=O)=O)NC(=O)OC(C)(C)C. The van der Waals surface area contributed by atoms with Crippen LogP contribution in [0.25, 0.3) is 0 Å². The Bertz CT molecular complexity index is 805. The van der Waals surface area contributed by atoms with E-state index in [1.165, 1.54) is 0 Å². The van der Waals surface area contributed by atoms with Crippen LogP contribution >= 0.6 is 0 Å². The number of anilines is 1. The van der Waals surface area contributed by atoms with Crippen LogP contribution in [0.3, 0.4) is 0 Å². The lowest BCUT2D eigenvalue weighted by Crippen LogP contribution is -2.42. The second-order valence-corrected chi connectivity index (χ2v) is 9.67. The summed E-state index contributed by atoms with van der Waals surface area (Å²) in [5, 5.41) is 8.19. The summed E-state index contributed by atoms with van der Waals surface area (Å²) in [6.45, 7) is 7.38. The summed E-state index contributed by atoms with van der Waals surface area (Å²) >= 11 is 0. The van der Waals surface area contributed by atoms with E-state index in [-0.39, 0.29) is 12.6 Å². The van der Waals surface area contributed by atoms with E-state index in [1.54, 1.807) is 20.8 Å². The van der Waals surface area contributed by atoms with Gasteiger partial charge in [-0.05, 0) is 58.6 Å². The number of unbranched alkanes of at least 4 members (excludes halogenated alkanes) is 1. The van der Waals surface area contributed by atoms with Gasteiger partial charge in [0.05, 0.1) is 18.9 Å². The highest BCUT2D eigenvalue weighted by Gasteiger charge is 2.20. The van der Waals surface area contributed by atoms with Crippen LogP contribution in [0.1, 0.15) is 45.6 Å². The number of aryl methyl sites for hydroxylation is 1. The summed E-state index contributed by atoms with van der Waals surface area (Å²) in [6.07, 6.45) is 2.06. The van der Waals surface area contributed by atoms with Crippen LogP contribution in [0.2, 0.25) is 0 Å². The number of amides is 3. The molecule has 1 rings (SSSR count). The van der Waals surface area contributed by atoms with E-state index in [9.17, 15) is 18.0 Å². The smallest absolute Gasteiger partial charge is 0.407 e. The lowest BCUT2D eigenvalue weighted by Gasteiger charge is -2.23. The maximum absolute atomic E-state index is 12.0. The van der Waals surface area contributed by atoms with E-state index < -0.39 is 27.9 Å². The van der Waals surface area contributed by atoms with Gasteiger partial charge in [-0.25, -0.2) is 9.59 Å². The van der Waals surface area contributed by atoms with Crippen LogP contribution < -0.4 is 16.0 Å². The number of rotatable bonds is 10. The Balaban J connectivity index is 2.41. The number of carbonyl (C=O) groups is 2. The quantitative estimate of drug-likeness (QED) is 0.377. The molecular formula is C20H33N3O6S. The van der Waals surface area contributed by atoms with Gasteiger partial charge < -0.3 is 20.7 Å². The summed E-state index contributed by atoms with van der Waals surface area (Å²) in [4.78, 5) is 23.9. The number of hydrogen-bond donors (Lipinski definition) is 3. The van der Waals surface area contributed by atoms with Crippen molar-refractivity contribution in [2.24, 2.45) is 0 Å². The van der Waals surface area contributed by atoms with Crippen molar-refractivity contribution < 1.29 is 26.9 Å². The first-order valence-electron chi connectivity index (χ1n) is 9.80. The van der Waals surface area contributed by atoms with Gasteiger partial charge in [0.15, 0.2) is 0 Å². The maximum Gasteiger partial charge on any atom is 0.407 e. The van der Waals surface area contributed by atoms with Gasteiger partial charge in [-0.1, -0.05) is 18.2 Å². The number of ether oxygens (including phenoxy) is 1. The van der Waals surface area contributed by atoms with Crippen molar-refractivity contribution in [3.8, 4) is 0 Å². The van der Waals surface area contributed by atoms with Crippen molar-refractivity contribution in [1.29, 1.82) is 0 Å². The first-order valence-corrected chi connectivity index (χ1v) is 11.6. The zero-order valence-electron chi connectivity index (χ0n) is 18.3. The van der Waals surface area contributed by atoms with Crippen LogP contribution in [0.4, 0.5) is 15.3 Å². The molecule has 9 nitrogen and oxygen atoms in total. The van der Waals surface area contributed by atoms with Crippen LogP contribution in [-0.4, -0.2) is 51.6 Å². The fraction of sp³-hybridized carbons (Fsp3) is 0.600. The van der Waals surface area contributed by atoms with E-state index in [0.29, 0.717) is 25.8 Å². The Morgan fingerprint density at radius 2 is 1.80 bits per heavy atom. The molecule has 0 radical (unpaired) electrons. The van der Waals surface area contributed by atoms with Crippen LogP contribution in [0, 0.1) is 6.92 Å². The highest BCUT2D eigenvalue weighted by atomic mass is 32.2. The number of carbonyl (C=O) groups excluding carboxylic acids is 2. The van der Waals surface area contributed by atoms with E-state index >= 15 is 0 Å². The van der Waals surface area contributed by atoms with Gasteiger partial charge in [0.2, 0.25) is 0 Å². The molecule has 0 heterocycles. The minimum atomic E-state index is -3.63. The summed E-state index contributed by atoms with van der Waals surface area (Å²) in [5.41, 5.74) is 1.05. The summed E-state index contributed by atoms with van der Waals surface area (Å²) in [6, 6.07) is 6.64. The molecule has 0 aliphatic rings. The van der Waals surface area contributed by atoms with Crippen molar-refractivity contribution in [3.63, 3.8) is 0 Å². The maximum atomic E-state index is 12.0. The molecule has 3 N–H and O–H groups in total. The molecule has 1 aromatic rings. The monoisotopic (exact) mass is 443 g/mol. The molecule has 170 valence electrons. The van der Waals surface area contributed by atoms with E-state index in [0.717, 1.165) is 17.5 Å². The molecule has 0 aromatic heterocycles. The number of hydrogen-bond acceptors (Lipinski definition) is 6. The Labute approximate surface area is 179 Å². The van der Waals surface area contributed by atoms with E-state index in [4.69, 9.17) is 8.92 Å². The molecule has 0 unspecified atom stereocenters. The predicted molar refractivity (Wildman–Crippen MR) is 116 cm³/mol. The van der Waals surface area contributed by atoms with Gasteiger partial charge in [0, 0.05) is 12.2 Å². The third-order valence-corrected chi connectivity index (χ3v) is 4.43. The molecule has 0 saturated heterocycles. The third kappa shape index (κ3) is 12.3. The molecule has 30 heavy (non-hydrogen) atoms. The highest BCUT2D eigenvalue weighted by molar-refractivity contribution is 7.85. The van der Waals surface area contributed by atoms with Crippen LogP contribution in [-0.2, 0) is 19.0 Å². The van der Waals surface area contributed by atoms with Crippen LogP contribution in [0.15, 0.2) is 24.3 Å². The Kier molecular flexibility index (Phi) is 10.1. The van der Waals surface area contributed by atoms with Gasteiger partial charge in [0.1, 0.15) is 5.60 Å². The van der Waals surface area contributed by atoms with Gasteiger partial charge in [0.25, 0.3) is 10.1 Å². The van der Waals surface area contributed by atoms with Crippen LogP contribution in [0.5, 0.6) is 0 Å². The average molecular weight is 444 g/mol. The number of para-hydroxylation sites is 1. The molecule has 0 aliphatic heterocycles. The normalized spacial score (nSPS) is 12.7. The van der Waals surface area contributed by atoms with Gasteiger partial charge in [-0.2, -0.15) is 8.42 Å². The molecule has 3 amide bonds.